The third kappa shape index (κ3) is 5.33. The number of pyridine rings is 1. The van der Waals surface area contributed by atoms with Crippen molar-refractivity contribution in [3.8, 4) is 5.75 Å². The number of nitrogens with one attached hydrogen (secondary N) is 1. The van der Waals surface area contributed by atoms with Crippen LogP contribution in [0.3, 0.4) is 0 Å². The Hall–Kier alpha value is -2.85. The van der Waals surface area contributed by atoms with Gasteiger partial charge in [-0.25, -0.2) is 0 Å². The highest BCUT2D eigenvalue weighted by atomic mass is 35.5. The van der Waals surface area contributed by atoms with Gasteiger partial charge < -0.3 is 10.1 Å². The zero-order valence-corrected chi connectivity index (χ0v) is 14.9. The molecule has 2 aromatic carbocycles. The Kier molecular flexibility index (Phi) is 6.23. The molecule has 0 aliphatic rings. The number of nitrogens with zero attached hydrogens (tertiary/aromatic N) is 1. The summed E-state index contributed by atoms with van der Waals surface area (Å²) < 4.78 is 5.73. The van der Waals surface area contributed by atoms with Gasteiger partial charge in [0.05, 0.1) is 0 Å². The van der Waals surface area contributed by atoms with Crippen molar-refractivity contribution in [3.63, 3.8) is 0 Å². The normalized spacial score (nSPS) is 10.3. The fraction of sp³-hybridized carbons (Fsp3) is 0.143. The molecule has 0 aliphatic carbocycles. The van der Waals surface area contributed by atoms with Crippen molar-refractivity contribution in [2.24, 2.45) is 0 Å². The molecule has 3 rings (SSSR count). The van der Waals surface area contributed by atoms with Gasteiger partial charge in [-0.1, -0.05) is 35.9 Å². The van der Waals surface area contributed by atoms with E-state index in [1.54, 1.807) is 12.4 Å². The molecule has 0 radical (unpaired) electrons. The number of aryl methyl sites for hydroxylation is 1. The number of halogens is 1. The molecule has 1 heterocycles. The molecule has 1 aromatic heterocycles. The van der Waals surface area contributed by atoms with Gasteiger partial charge >= 0.3 is 0 Å². The van der Waals surface area contributed by atoms with Gasteiger partial charge in [-0.15, -0.1) is 0 Å². The summed E-state index contributed by atoms with van der Waals surface area (Å²) in [5, 5.41) is 3.57. The quantitative estimate of drug-likeness (QED) is 0.648. The van der Waals surface area contributed by atoms with E-state index in [0.29, 0.717) is 24.5 Å². The van der Waals surface area contributed by atoms with Crippen molar-refractivity contribution < 1.29 is 9.53 Å². The maximum atomic E-state index is 12.0. The fourth-order valence-electron chi connectivity index (χ4n) is 2.44. The maximum Gasteiger partial charge on any atom is 0.224 e. The molecule has 5 heteroatoms. The zero-order chi connectivity index (χ0) is 18.2. The Morgan fingerprint density at radius 3 is 2.58 bits per heavy atom. The predicted octanol–water partition coefficient (Wildman–Crippen LogP) is 4.89. The lowest BCUT2D eigenvalue weighted by Crippen LogP contribution is -2.12. The zero-order valence-electron chi connectivity index (χ0n) is 14.2. The van der Waals surface area contributed by atoms with Gasteiger partial charge in [0.15, 0.2) is 0 Å². The molecule has 0 bridgehead atoms. The van der Waals surface area contributed by atoms with Crippen molar-refractivity contribution in [1.29, 1.82) is 0 Å². The monoisotopic (exact) mass is 366 g/mol. The van der Waals surface area contributed by atoms with E-state index < -0.39 is 0 Å². The van der Waals surface area contributed by atoms with Crippen LogP contribution in [0.25, 0.3) is 0 Å². The summed E-state index contributed by atoms with van der Waals surface area (Å²) in [7, 11) is 0. The minimum Gasteiger partial charge on any atom is -0.489 e. The largest absolute Gasteiger partial charge is 0.489 e. The van der Waals surface area contributed by atoms with Crippen LogP contribution in [0, 0.1) is 0 Å². The van der Waals surface area contributed by atoms with Crippen molar-refractivity contribution in [1.82, 2.24) is 4.98 Å². The van der Waals surface area contributed by atoms with E-state index in [0.717, 1.165) is 22.6 Å². The minimum absolute atomic E-state index is 0.0291. The van der Waals surface area contributed by atoms with Gasteiger partial charge in [-0.05, 0) is 48.4 Å². The Morgan fingerprint density at radius 1 is 1.04 bits per heavy atom. The number of carbonyl (C=O) groups is 1. The molecule has 4 nitrogen and oxygen atoms in total. The molecule has 1 N–H and O–H groups in total. The number of rotatable bonds is 7. The summed E-state index contributed by atoms with van der Waals surface area (Å²) in [5.74, 6) is 0.692. The maximum absolute atomic E-state index is 12.0. The van der Waals surface area contributed by atoms with E-state index in [-0.39, 0.29) is 5.91 Å². The van der Waals surface area contributed by atoms with E-state index in [1.165, 1.54) is 0 Å². The van der Waals surface area contributed by atoms with Gasteiger partial charge in [0.2, 0.25) is 5.91 Å². The van der Waals surface area contributed by atoms with Gasteiger partial charge in [-0.2, -0.15) is 0 Å². The molecule has 0 saturated carbocycles. The number of hydrogen-bond donors (Lipinski definition) is 1. The highest BCUT2D eigenvalue weighted by molar-refractivity contribution is 6.31. The molecule has 0 atom stereocenters. The second kappa shape index (κ2) is 9.02. The van der Waals surface area contributed by atoms with Crippen LogP contribution in [-0.2, 0) is 17.8 Å². The van der Waals surface area contributed by atoms with Gasteiger partial charge in [0.25, 0.3) is 0 Å². The first kappa shape index (κ1) is 18.0. The number of aromatic nitrogens is 1. The van der Waals surface area contributed by atoms with Crippen molar-refractivity contribution >= 4 is 23.2 Å². The molecular weight excluding hydrogens is 348 g/mol. The summed E-state index contributed by atoms with van der Waals surface area (Å²) >= 11 is 6.12. The molecule has 0 saturated heterocycles. The summed E-state index contributed by atoms with van der Waals surface area (Å²) in [6.07, 6.45) is 4.58. The van der Waals surface area contributed by atoms with Gasteiger partial charge in [0.1, 0.15) is 12.4 Å². The summed E-state index contributed by atoms with van der Waals surface area (Å²) in [5.41, 5.74) is 2.72. The first-order valence-electron chi connectivity index (χ1n) is 8.36. The van der Waals surface area contributed by atoms with E-state index in [2.05, 4.69) is 10.3 Å². The third-order valence-electron chi connectivity index (χ3n) is 3.85. The van der Waals surface area contributed by atoms with Crippen LogP contribution >= 0.6 is 11.6 Å². The molecule has 0 aliphatic heterocycles. The average molecular weight is 367 g/mol. The van der Waals surface area contributed by atoms with Crippen molar-refractivity contribution in [3.05, 3.63) is 89.2 Å². The summed E-state index contributed by atoms with van der Waals surface area (Å²) in [6.45, 7) is 0.399. The number of carbonyl (C=O) groups excluding carboxylic acids is 1. The highest BCUT2D eigenvalue weighted by Crippen LogP contribution is 2.20. The van der Waals surface area contributed by atoms with E-state index in [4.69, 9.17) is 16.3 Å². The lowest BCUT2D eigenvalue weighted by atomic mass is 10.1. The van der Waals surface area contributed by atoms with Crippen LogP contribution in [0.15, 0.2) is 73.1 Å². The van der Waals surface area contributed by atoms with Crippen LogP contribution < -0.4 is 10.1 Å². The first-order valence-corrected chi connectivity index (χ1v) is 8.73. The van der Waals surface area contributed by atoms with E-state index in [1.807, 2.05) is 60.7 Å². The highest BCUT2D eigenvalue weighted by Gasteiger charge is 2.05. The number of anilines is 1. The second-order valence-corrected chi connectivity index (χ2v) is 6.22. The Morgan fingerprint density at radius 2 is 1.85 bits per heavy atom. The molecule has 132 valence electrons. The smallest absolute Gasteiger partial charge is 0.224 e. The number of hydrogen-bond acceptors (Lipinski definition) is 3. The van der Waals surface area contributed by atoms with E-state index in [9.17, 15) is 4.79 Å². The fourth-order valence-corrected chi connectivity index (χ4v) is 2.63. The van der Waals surface area contributed by atoms with Crippen LogP contribution in [0.5, 0.6) is 5.75 Å². The number of benzene rings is 2. The lowest BCUT2D eigenvalue weighted by Gasteiger charge is -2.09. The molecule has 1 amide bonds. The molecule has 3 aromatic rings. The number of amides is 1. The van der Waals surface area contributed by atoms with Crippen LogP contribution in [-0.4, -0.2) is 10.9 Å². The molecule has 0 fully saturated rings. The molecule has 26 heavy (non-hydrogen) atoms. The topological polar surface area (TPSA) is 51.2 Å². The Labute approximate surface area is 157 Å². The Balaban J connectivity index is 1.48. The molecule has 0 unspecified atom stereocenters. The van der Waals surface area contributed by atoms with Gasteiger partial charge in [0, 0.05) is 35.1 Å². The second-order valence-electron chi connectivity index (χ2n) is 5.81. The molecular formula is C21H19ClN2O2. The van der Waals surface area contributed by atoms with Gasteiger partial charge in [-0.3, -0.25) is 9.78 Å². The SMILES string of the molecule is O=C(CCc1cccnc1)Nc1ccc(OCc2ccccc2Cl)cc1. The summed E-state index contributed by atoms with van der Waals surface area (Å²) in [4.78, 5) is 16.1. The van der Waals surface area contributed by atoms with Crippen LogP contribution in [0.4, 0.5) is 5.69 Å². The third-order valence-corrected chi connectivity index (χ3v) is 4.22. The molecule has 0 spiro atoms. The minimum atomic E-state index is -0.0291. The lowest BCUT2D eigenvalue weighted by molar-refractivity contribution is -0.116. The van der Waals surface area contributed by atoms with Crippen LogP contribution in [0.1, 0.15) is 17.5 Å². The van der Waals surface area contributed by atoms with E-state index >= 15 is 0 Å². The average Bonchev–Trinajstić information content (AvgIpc) is 2.68. The first-order chi connectivity index (χ1) is 12.7. The van der Waals surface area contributed by atoms with Crippen molar-refractivity contribution in [2.45, 2.75) is 19.4 Å². The predicted molar refractivity (Wildman–Crippen MR) is 103 cm³/mol. The van der Waals surface area contributed by atoms with Crippen LogP contribution in [0.2, 0.25) is 5.02 Å². The summed E-state index contributed by atoms with van der Waals surface area (Å²) in [6, 6.07) is 18.7. The Bertz CT molecular complexity index is 851. The standard InChI is InChI=1S/C21H19ClN2O2/c22-20-6-2-1-5-17(20)15-26-19-10-8-18(9-11-19)24-21(25)12-7-16-4-3-13-23-14-16/h1-6,8-11,13-14H,7,12,15H2,(H,24,25). The van der Waals surface area contributed by atoms with Crippen molar-refractivity contribution in [2.75, 3.05) is 5.32 Å². The number of ether oxygens (including phenoxy) is 1.